The van der Waals surface area contributed by atoms with Crippen LogP contribution in [0.3, 0.4) is 0 Å². The van der Waals surface area contributed by atoms with Gasteiger partial charge in [0, 0.05) is 13.1 Å². The van der Waals surface area contributed by atoms with Crippen LogP contribution in [0.5, 0.6) is 5.75 Å². The van der Waals surface area contributed by atoms with Crippen LogP contribution in [-0.4, -0.2) is 57.6 Å². The summed E-state index contributed by atoms with van der Waals surface area (Å²) in [5, 5.41) is 2.92. The monoisotopic (exact) mass is 517 g/mol. The lowest BCUT2D eigenvalue weighted by molar-refractivity contribution is -0.140. The highest BCUT2D eigenvalue weighted by molar-refractivity contribution is 7.92. The van der Waals surface area contributed by atoms with Gasteiger partial charge in [0.1, 0.15) is 18.3 Å². The Morgan fingerprint density at radius 2 is 1.72 bits per heavy atom. The maximum absolute atomic E-state index is 13.7. The molecule has 1 atom stereocenters. The number of unbranched alkanes of at least 4 members (excludes halogenated alkanes) is 1. The van der Waals surface area contributed by atoms with Crippen LogP contribution in [-0.2, 0) is 26.2 Å². The average Bonchev–Trinajstić information content (AvgIpc) is 2.84. The number of nitrogens with one attached hydrogen (secondary N) is 1. The predicted molar refractivity (Wildman–Crippen MR) is 144 cm³/mol. The lowest BCUT2D eigenvalue weighted by Crippen LogP contribution is -2.52. The van der Waals surface area contributed by atoms with E-state index in [9.17, 15) is 18.0 Å². The number of carbonyl (C=O) groups excluding carboxylic acids is 2. The molecular formula is C27H39N3O5S. The highest BCUT2D eigenvalue weighted by Gasteiger charge is 2.32. The Morgan fingerprint density at radius 3 is 2.28 bits per heavy atom. The molecule has 2 aromatic carbocycles. The smallest absolute Gasteiger partial charge is 0.244 e. The number of benzene rings is 2. The van der Waals surface area contributed by atoms with Gasteiger partial charge in [-0.2, -0.15) is 0 Å². The first-order valence-electron chi connectivity index (χ1n) is 12.3. The zero-order valence-electron chi connectivity index (χ0n) is 22.2. The van der Waals surface area contributed by atoms with E-state index in [-0.39, 0.29) is 12.5 Å². The molecule has 0 bridgehead atoms. The highest BCUT2D eigenvalue weighted by Crippen LogP contribution is 2.26. The van der Waals surface area contributed by atoms with Gasteiger partial charge in [-0.3, -0.25) is 13.9 Å². The van der Waals surface area contributed by atoms with Crippen molar-refractivity contribution in [1.29, 1.82) is 0 Å². The molecule has 0 saturated carbocycles. The molecule has 198 valence electrons. The van der Waals surface area contributed by atoms with E-state index in [2.05, 4.69) is 5.32 Å². The highest BCUT2D eigenvalue weighted by atomic mass is 32.2. The lowest BCUT2D eigenvalue weighted by Gasteiger charge is -2.33. The standard InChI is InChI=1S/C27H39N3O5S/c1-7-9-17-28-27(32)24(8-2)29(18-22-13-15-23(35-5)16-14-22)26(31)19-30(36(6,33)34)25-12-10-11-20(3)21(25)4/h10-16,24H,7-9,17-19H2,1-6H3,(H,28,32)/t24-/m1/s1. The van der Waals surface area contributed by atoms with Crippen molar-refractivity contribution >= 4 is 27.5 Å². The van der Waals surface area contributed by atoms with Crippen LogP contribution in [0.25, 0.3) is 0 Å². The van der Waals surface area contributed by atoms with Crippen molar-refractivity contribution in [3.8, 4) is 5.75 Å². The van der Waals surface area contributed by atoms with Gasteiger partial charge in [-0.15, -0.1) is 0 Å². The van der Waals surface area contributed by atoms with Gasteiger partial charge in [-0.25, -0.2) is 8.42 Å². The van der Waals surface area contributed by atoms with E-state index in [1.54, 1.807) is 31.4 Å². The van der Waals surface area contributed by atoms with E-state index in [1.165, 1.54) is 4.90 Å². The van der Waals surface area contributed by atoms with Gasteiger partial charge in [0.2, 0.25) is 21.8 Å². The van der Waals surface area contributed by atoms with E-state index in [0.29, 0.717) is 24.4 Å². The van der Waals surface area contributed by atoms with Crippen molar-refractivity contribution in [2.45, 2.75) is 59.5 Å². The number of anilines is 1. The van der Waals surface area contributed by atoms with Crippen LogP contribution in [0, 0.1) is 13.8 Å². The number of hydrogen-bond donors (Lipinski definition) is 1. The summed E-state index contributed by atoms with van der Waals surface area (Å²) in [5.74, 6) is -0.0146. The molecule has 2 aromatic rings. The number of carbonyl (C=O) groups is 2. The molecule has 1 N–H and O–H groups in total. The SMILES string of the molecule is CCCCNC(=O)[C@@H](CC)N(Cc1ccc(OC)cc1)C(=O)CN(c1cccc(C)c1C)S(C)(=O)=O. The van der Waals surface area contributed by atoms with Crippen LogP contribution in [0.2, 0.25) is 0 Å². The van der Waals surface area contributed by atoms with Gasteiger partial charge >= 0.3 is 0 Å². The summed E-state index contributed by atoms with van der Waals surface area (Å²) in [4.78, 5) is 28.3. The van der Waals surface area contributed by atoms with E-state index in [4.69, 9.17) is 4.74 Å². The van der Waals surface area contributed by atoms with Crippen LogP contribution in [0.4, 0.5) is 5.69 Å². The van der Waals surface area contributed by atoms with Gasteiger partial charge in [0.25, 0.3) is 0 Å². The van der Waals surface area contributed by atoms with E-state index in [1.807, 2.05) is 45.9 Å². The predicted octanol–water partition coefficient (Wildman–Crippen LogP) is 3.80. The molecule has 0 saturated heterocycles. The summed E-state index contributed by atoms with van der Waals surface area (Å²) >= 11 is 0. The van der Waals surface area contributed by atoms with Gasteiger partial charge in [0.15, 0.2) is 0 Å². The summed E-state index contributed by atoms with van der Waals surface area (Å²) in [6, 6.07) is 11.9. The molecule has 0 aliphatic rings. The Hall–Kier alpha value is -3.07. The topological polar surface area (TPSA) is 96.0 Å². The average molecular weight is 518 g/mol. The van der Waals surface area contributed by atoms with Crippen molar-refractivity contribution in [1.82, 2.24) is 10.2 Å². The second-order valence-corrected chi connectivity index (χ2v) is 10.8. The molecule has 8 nitrogen and oxygen atoms in total. The second-order valence-electron chi connectivity index (χ2n) is 8.93. The van der Waals surface area contributed by atoms with Crippen molar-refractivity contribution in [3.63, 3.8) is 0 Å². The van der Waals surface area contributed by atoms with E-state index in [0.717, 1.165) is 40.1 Å². The number of hydrogen-bond acceptors (Lipinski definition) is 5. The minimum Gasteiger partial charge on any atom is -0.497 e. The molecule has 2 amide bonds. The Morgan fingerprint density at radius 1 is 1.06 bits per heavy atom. The van der Waals surface area contributed by atoms with Gasteiger partial charge in [0.05, 0.1) is 19.1 Å². The third-order valence-corrected chi connectivity index (χ3v) is 7.38. The molecule has 0 unspecified atom stereocenters. The number of nitrogens with zero attached hydrogens (tertiary/aromatic N) is 2. The van der Waals surface area contributed by atoms with E-state index < -0.39 is 28.5 Å². The zero-order chi connectivity index (χ0) is 26.9. The maximum Gasteiger partial charge on any atom is 0.244 e. The quantitative estimate of drug-likeness (QED) is 0.408. The van der Waals surface area contributed by atoms with Gasteiger partial charge < -0.3 is 15.0 Å². The van der Waals surface area contributed by atoms with Crippen molar-refractivity contribution in [2.75, 3.05) is 30.8 Å². The summed E-state index contributed by atoms with van der Waals surface area (Å²) < 4.78 is 31.9. The van der Waals surface area contributed by atoms with Crippen molar-refractivity contribution in [2.24, 2.45) is 0 Å². The molecule has 0 aromatic heterocycles. The molecular weight excluding hydrogens is 478 g/mol. The normalized spacial score (nSPS) is 12.1. The fourth-order valence-electron chi connectivity index (χ4n) is 3.95. The first kappa shape index (κ1) is 29.2. The van der Waals surface area contributed by atoms with E-state index >= 15 is 0 Å². The summed E-state index contributed by atoms with van der Waals surface area (Å²) in [6.07, 6.45) is 3.25. The molecule has 2 rings (SSSR count). The van der Waals surface area contributed by atoms with Crippen molar-refractivity contribution < 1.29 is 22.7 Å². The molecule has 36 heavy (non-hydrogen) atoms. The molecule has 0 spiro atoms. The zero-order valence-corrected chi connectivity index (χ0v) is 23.0. The summed E-state index contributed by atoms with van der Waals surface area (Å²) in [6.45, 7) is 7.88. The first-order valence-corrected chi connectivity index (χ1v) is 14.1. The van der Waals surface area contributed by atoms with Crippen LogP contribution in [0.1, 0.15) is 49.8 Å². The summed E-state index contributed by atoms with van der Waals surface area (Å²) in [5.41, 5.74) is 2.96. The number of aryl methyl sites for hydroxylation is 1. The second kappa shape index (κ2) is 13.3. The fourth-order valence-corrected chi connectivity index (χ4v) is 4.85. The number of methoxy groups -OCH3 is 1. The Kier molecular flexibility index (Phi) is 10.8. The molecule has 0 heterocycles. The van der Waals surface area contributed by atoms with Crippen molar-refractivity contribution in [3.05, 3.63) is 59.2 Å². The Bertz CT molecular complexity index is 1130. The Balaban J connectivity index is 2.44. The molecule has 0 fully saturated rings. The first-order chi connectivity index (χ1) is 17.0. The number of amides is 2. The largest absolute Gasteiger partial charge is 0.497 e. The molecule has 0 aliphatic carbocycles. The fraction of sp³-hybridized carbons (Fsp3) is 0.481. The van der Waals surface area contributed by atoms with Gasteiger partial charge in [-0.05, 0) is 61.6 Å². The maximum atomic E-state index is 13.7. The Labute approximate surface area is 215 Å². The minimum atomic E-state index is -3.77. The van der Waals surface area contributed by atoms with Crippen LogP contribution >= 0.6 is 0 Å². The number of rotatable bonds is 13. The van der Waals surface area contributed by atoms with Gasteiger partial charge in [-0.1, -0.05) is 44.5 Å². The van der Waals surface area contributed by atoms with Crippen LogP contribution < -0.4 is 14.4 Å². The number of ether oxygens (including phenoxy) is 1. The minimum absolute atomic E-state index is 0.160. The third-order valence-electron chi connectivity index (χ3n) is 6.25. The lowest BCUT2D eigenvalue weighted by atomic mass is 10.1. The molecule has 0 aliphatic heterocycles. The third kappa shape index (κ3) is 7.71. The number of sulfonamides is 1. The molecule has 0 radical (unpaired) electrons. The molecule has 9 heteroatoms. The van der Waals surface area contributed by atoms with Crippen LogP contribution in [0.15, 0.2) is 42.5 Å². The summed E-state index contributed by atoms with van der Waals surface area (Å²) in [7, 11) is -2.19.